The highest BCUT2D eigenvalue weighted by atomic mass is 35.5. The van der Waals surface area contributed by atoms with Gasteiger partial charge in [0.15, 0.2) is 9.84 Å². The van der Waals surface area contributed by atoms with Crippen molar-refractivity contribution in [3.63, 3.8) is 0 Å². The van der Waals surface area contributed by atoms with E-state index < -0.39 is 9.84 Å². The summed E-state index contributed by atoms with van der Waals surface area (Å²) in [7, 11) is -3.12. The van der Waals surface area contributed by atoms with E-state index >= 15 is 0 Å². The summed E-state index contributed by atoms with van der Waals surface area (Å²) in [5.74, 6) is 0.542. The van der Waals surface area contributed by atoms with Crippen LogP contribution in [-0.2, 0) is 16.4 Å². The van der Waals surface area contributed by atoms with Gasteiger partial charge in [0.25, 0.3) is 5.91 Å². The zero-order valence-electron chi connectivity index (χ0n) is 15.4. The van der Waals surface area contributed by atoms with E-state index in [4.69, 9.17) is 16.3 Å². The molecule has 3 rings (SSSR count). The minimum absolute atomic E-state index is 0.00708. The number of hydrogen-bond acceptors (Lipinski definition) is 4. The van der Waals surface area contributed by atoms with Gasteiger partial charge in [-0.25, -0.2) is 8.42 Å². The minimum Gasteiger partial charge on any atom is -0.490 e. The first-order chi connectivity index (χ1) is 13.4. The van der Waals surface area contributed by atoms with Crippen LogP contribution in [0.2, 0.25) is 5.02 Å². The van der Waals surface area contributed by atoms with Gasteiger partial charge < -0.3 is 9.64 Å². The van der Waals surface area contributed by atoms with Crippen molar-refractivity contribution in [1.29, 1.82) is 0 Å². The molecule has 0 unspecified atom stereocenters. The average Bonchev–Trinajstić information content (AvgIpc) is 3.05. The Labute approximate surface area is 170 Å². The van der Waals surface area contributed by atoms with Crippen LogP contribution in [0.4, 0.5) is 0 Å². The fourth-order valence-corrected chi connectivity index (χ4v) is 5.05. The van der Waals surface area contributed by atoms with Gasteiger partial charge in [0.05, 0.1) is 11.5 Å². The number of carbonyl (C=O) groups excluding carboxylic acids is 1. The van der Waals surface area contributed by atoms with Crippen molar-refractivity contribution >= 4 is 27.3 Å². The molecular formula is C21H22ClNO4S. The molecule has 2 aromatic carbocycles. The Hall–Kier alpha value is -2.31. The number of rotatable bonds is 7. The molecule has 0 saturated carbocycles. The van der Waals surface area contributed by atoms with Gasteiger partial charge in [-0.05, 0) is 48.4 Å². The van der Waals surface area contributed by atoms with Gasteiger partial charge in [-0.3, -0.25) is 4.79 Å². The number of hydrogen-bond donors (Lipinski definition) is 0. The van der Waals surface area contributed by atoms with Crippen molar-refractivity contribution in [2.24, 2.45) is 0 Å². The molecule has 1 saturated heterocycles. The largest absolute Gasteiger partial charge is 0.490 e. The van der Waals surface area contributed by atoms with Crippen LogP contribution in [0.15, 0.2) is 61.2 Å². The zero-order chi connectivity index (χ0) is 20.1. The second-order valence-electron chi connectivity index (χ2n) is 6.74. The van der Waals surface area contributed by atoms with E-state index in [9.17, 15) is 13.2 Å². The Balaban J connectivity index is 1.83. The van der Waals surface area contributed by atoms with Crippen molar-refractivity contribution in [2.45, 2.75) is 19.0 Å². The molecule has 1 aliphatic heterocycles. The van der Waals surface area contributed by atoms with Crippen LogP contribution in [0.1, 0.15) is 22.3 Å². The molecule has 0 aliphatic carbocycles. The van der Waals surface area contributed by atoms with Crippen LogP contribution in [0.5, 0.6) is 5.75 Å². The quantitative estimate of drug-likeness (QED) is 0.641. The highest BCUT2D eigenvalue weighted by Crippen LogP contribution is 2.24. The molecule has 28 heavy (non-hydrogen) atoms. The van der Waals surface area contributed by atoms with Gasteiger partial charge in [-0.1, -0.05) is 36.4 Å². The van der Waals surface area contributed by atoms with E-state index in [2.05, 4.69) is 6.58 Å². The molecule has 7 heteroatoms. The van der Waals surface area contributed by atoms with Crippen LogP contribution in [0, 0.1) is 0 Å². The van der Waals surface area contributed by atoms with Crippen LogP contribution < -0.4 is 4.74 Å². The third-order valence-corrected chi connectivity index (χ3v) is 6.65. The zero-order valence-corrected chi connectivity index (χ0v) is 17.0. The highest BCUT2D eigenvalue weighted by molar-refractivity contribution is 7.91. The Morgan fingerprint density at radius 2 is 1.86 bits per heavy atom. The number of amides is 1. The Morgan fingerprint density at radius 1 is 1.18 bits per heavy atom. The average molecular weight is 420 g/mol. The van der Waals surface area contributed by atoms with Crippen molar-refractivity contribution in [3.05, 3.63) is 77.3 Å². The lowest BCUT2D eigenvalue weighted by Gasteiger charge is -2.28. The van der Waals surface area contributed by atoms with E-state index in [-0.39, 0.29) is 23.5 Å². The lowest BCUT2D eigenvalue weighted by Crippen LogP contribution is -2.40. The molecule has 1 heterocycles. The molecule has 1 amide bonds. The van der Waals surface area contributed by atoms with Crippen LogP contribution in [-0.4, -0.2) is 43.4 Å². The first-order valence-corrected chi connectivity index (χ1v) is 11.2. The van der Waals surface area contributed by atoms with Gasteiger partial charge in [0.2, 0.25) is 0 Å². The smallest absolute Gasteiger partial charge is 0.254 e. The lowest BCUT2D eigenvalue weighted by atomic mass is 10.1. The van der Waals surface area contributed by atoms with Gasteiger partial charge in [0, 0.05) is 23.2 Å². The summed E-state index contributed by atoms with van der Waals surface area (Å²) in [6.45, 7) is 4.31. The van der Waals surface area contributed by atoms with Crippen molar-refractivity contribution < 1.29 is 17.9 Å². The third-order valence-electron chi connectivity index (χ3n) is 4.65. The van der Waals surface area contributed by atoms with Gasteiger partial charge >= 0.3 is 0 Å². The Bertz CT molecular complexity index is 939. The summed E-state index contributed by atoms with van der Waals surface area (Å²) in [6.07, 6.45) is 2.09. The molecule has 1 fully saturated rings. The van der Waals surface area contributed by atoms with E-state index in [0.29, 0.717) is 35.9 Å². The lowest BCUT2D eigenvalue weighted by molar-refractivity contribution is 0.0681. The fraction of sp³-hybridized carbons (Fsp3) is 0.286. The van der Waals surface area contributed by atoms with E-state index in [1.54, 1.807) is 47.4 Å². The number of benzene rings is 2. The molecule has 1 atom stereocenters. The standard InChI is InChI=1S/C21H22ClNO4S/c1-2-12-27-20-9-5-17(6-10-20)21(24)23(19-11-13-28(25,26)15-19)14-16-3-7-18(22)8-4-16/h2-10,19H,1,11-15H2/t19-/m0/s1. The molecule has 0 radical (unpaired) electrons. The molecule has 148 valence electrons. The topological polar surface area (TPSA) is 63.7 Å². The third kappa shape index (κ3) is 5.14. The monoisotopic (exact) mass is 419 g/mol. The number of nitrogens with zero attached hydrogens (tertiary/aromatic N) is 1. The first kappa shape index (κ1) is 20.4. The van der Waals surface area contributed by atoms with Crippen LogP contribution >= 0.6 is 11.6 Å². The summed E-state index contributed by atoms with van der Waals surface area (Å²) in [4.78, 5) is 14.8. The van der Waals surface area contributed by atoms with Crippen molar-refractivity contribution in [2.75, 3.05) is 18.1 Å². The Kier molecular flexibility index (Phi) is 6.42. The molecule has 1 aliphatic rings. The number of ether oxygens (including phenoxy) is 1. The predicted molar refractivity (Wildman–Crippen MR) is 111 cm³/mol. The Morgan fingerprint density at radius 3 is 2.43 bits per heavy atom. The van der Waals surface area contributed by atoms with Gasteiger partial charge in [-0.2, -0.15) is 0 Å². The molecule has 2 aromatic rings. The summed E-state index contributed by atoms with van der Waals surface area (Å²) in [5.41, 5.74) is 1.39. The molecule has 0 bridgehead atoms. The van der Waals surface area contributed by atoms with Gasteiger partial charge in [-0.15, -0.1) is 0 Å². The summed E-state index contributed by atoms with van der Waals surface area (Å²) >= 11 is 5.94. The normalized spacial score (nSPS) is 17.8. The maximum Gasteiger partial charge on any atom is 0.254 e. The predicted octanol–water partition coefficient (Wildman–Crippen LogP) is 3.73. The molecule has 5 nitrogen and oxygen atoms in total. The second kappa shape index (κ2) is 8.80. The number of halogens is 1. The van der Waals surface area contributed by atoms with Crippen LogP contribution in [0.3, 0.4) is 0 Å². The highest BCUT2D eigenvalue weighted by Gasteiger charge is 2.35. The van der Waals surface area contributed by atoms with E-state index in [1.807, 2.05) is 12.1 Å². The van der Waals surface area contributed by atoms with Crippen LogP contribution in [0.25, 0.3) is 0 Å². The maximum atomic E-state index is 13.2. The number of sulfone groups is 1. The molecular weight excluding hydrogens is 398 g/mol. The summed E-state index contributed by atoms with van der Waals surface area (Å²) in [5, 5.41) is 0.611. The first-order valence-electron chi connectivity index (χ1n) is 8.97. The molecule has 0 spiro atoms. The van der Waals surface area contributed by atoms with Crippen molar-refractivity contribution in [1.82, 2.24) is 4.90 Å². The summed E-state index contributed by atoms with van der Waals surface area (Å²) < 4.78 is 29.4. The van der Waals surface area contributed by atoms with E-state index in [0.717, 1.165) is 5.56 Å². The summed E-state index contributed by atoms with van der Waals surface area (Å²) in [6, 6.07) is 13.7. The van der Waals surface area contributed by atoms with Gasteiger partial charge in [0.1, 0.15) is 12.4 Å². The second-order valence-corrected chi connectivity index (χ2v) is 9.41. The van der Waals surface area contributed by atoms with Crippen molar-refractivity contribution in [3.8, 4) is 5.75 Å². The minimum atomic E-state index is -3.12. The SMILES string of the molecule is C=CCOc1ccc(C(=O)N(Cc2ccc(Cl)cc2)[C@H]2CCS(=O)(=O)C2)cc1. The molecule has 0 aromatic heterocycles. The molecule has 0 N–H and O–H groups in total. The van der Waals surface area contributed by atoms with E-state index in [1.165, 1.54) is 0 Å². The number of carbonyl (C=O) groups is 1. The maximum absolute atomic E-state index is 13.2. The fourth-order valence-electron chi connectivity index (χ4n) is 3.19.